The normalized spacial score (nSPS) is 10.2. The van der Waals surface area contributed by atoms with Crippen LogP contribution in [-0.4, -0.2) is 28.5 Å². The molecule has 8 nitrogen and oxygen atoms in total. The molecule has 0 aromatic heterocycles. The monoisotopic (exact) mass is 372 g/mol. The fraction of sp³-hybridized carbons (Fsp3) is 0.263. The van der Waals surface area contributed by atoms with Crippen molar-refractivity contribution in [2.75, 3.05) is 6.61 Å². The molecule has 0 atom stereocenters. The first-order valence-electron chi connectivity index (χ1n) is 8.37. The predicted octanol–water partition coefficient (Wildman–Crippen LogP) is 2.70. The van der Waals surface area contributed by atoms with Gasteiger partial charge in [-0.2, -0.15) is 0 Å². The van der Waals surface area contributed by atoms with Crippen molar-refractivity contribution in [3.8, 4) is 5.75 Å². The van der Waals surface area contributed by atoms with Crippen molar-refractivity contribution in [2.45, 2.75) is 25.8 Å². The zero-order chi connectivity index (χ0) is 19.6. The number of nitrogens with one attached hydrogen (secondary N) is 1. The fourth-order valence-corrected chi connectivity index (χ4v) is 2.35. The lowest BCUT2D eigenvalue weighted by atomic mass is 10.1. The quantitative estimate of drug-likeness (QED) is 0.376. The van der Waals surface area contributed by atoms with Gasteiger partial charge in [-0.05, 0) is 29.7 Å². The number of nitro benzene ring substituents is 1. The third-order valence-electron chi connectivity index (χ3n) is 3.70. The highest BCUT2D eigenvalue weighted by atomic mass is 16.6. The number of carboxylic acids is 1. The van der Waals surface area contributed by atoms with Gasteiger partial charge < -0.3 is 15.2 Å². The van der Waals surface area contributed by atoms with Crippen molar-refractivity contribution >= 4 is 17.6 Å². The average molecular weight is 372 g/mol. The van der Waals surface area contributed by atoms with Crippen molar-refractivity contribution < 1.29 is 24.4 Å². The molecule has 142 valence electrons. The summed E-state index contributed by atoms with van der Waals surface area (Å²) in [6.45, 7) is 0.651. The van der Waals surface area contributed by atoms with E-state index in [4.69, 9.17) is 9.84 Å². The van der Waals surface area contributed by atoms with Crippen LogP contribution < -0.4 is 10.1 Å². The number of carbonyl (C=O) groups is 2. The van der Waals surface area contributed by atoms with Gasteiger partial charge >= 0.3 is 5.97 Å². The van der Waals surface area contributed by atoms with E-state index in [1.165, 1.54) is 12.1 Å². The number of nitrogens with zero attached hydrogens (tertiary/aromatic N) is 1. The van der Waals surface area contributed by atoms with Gasteiger partial charge in [0.2, 0.25) is 5.91 Å². The minimum atomic E-state index is -0.852. The molecule has 0 spiro atoms. The highest BCUT2D eigenvalue weighted by Crippen LogP contribution is 2.14. The Kier molecular flexibility index (Phi) is 7.30. The van der Waals surface area contributed by atoms with E-state index in [1.807, 2.05) is 0 Å². The van der Waals surface area contributed by atoms with Gasteiger partial charge in [-0.1, -0.05) is 24.3 Å². The number of benzene rings is 2. The average Bonchev–Trinajstić information content (AvgIpc) is 2.64. The molecule has 0 radical (unpaired) electrons. The summed E-state index contributed by atoms with van der Waals surface area (Å²) >= 11 is 0. The molecule has 27 heavy (non-hydrogen) atoms. The Morgan fingerprint density at radius 2 is 1.85 bits per heavy atom. The lowest BCUT2D eigenvalue weighted by molar-refractivity contribution is -0.384. The summed E-state index contributed by atoms with van der Waals surface area (Å²) in [5, 5.41) is 22.1. The van der Waals surface area contributed by atoms with Crippen molar-refractivity contribution in [1.82, 2.24) is 5.32 Å². The molecule has 0 bridgehead atoms. The van der Waals surface area contributed by atoms with Crippen LogP contribution in [0, 0.1) is 10.1 Å². The first-order valence-corrected chi connectivity index (χ1v) is 8.37. The maximum atomic E-state index is 12.0. The molecule has 0 unspecified atom stereocenters. The topological polar surface area (TPSA) is 119 Å². The Hall–Kier alpha value is -3.42. The molecule has 0 fully saturated rings. The van der Waals surface area contributed by atoms with Gasteiger partial charge in [0.25, 0.3) is 5.69 Å². The fourth-order valence-electron chi connectivity index (χ4n) is 2.35. The molecular formula is C19H20N2O6. The standard InChI is InChI=1S/C19H20N2O6/c22-18(12-15-3-1-4-16(11-15)21(25)26)20-13-14-6-8-17(9-7-14)27-10-2-5-19(23)24/h1,3-4,6-9,11H,2,5,10,12-13H2,(H,20,22)(H,23,24). The molecule has 0 aliphatic carbocycles. The van der Waals surface area contributed by atoms with Crippen molar-refractivity contribution in [2.24, 2.45) is 0 Å². The molecule has 2 aromatic carbocycles. The van der Waals surface area contributed by atoms with Crippen molar-refractivity contribution in [3.63, 3.8) is 0 Å². The lowest BCUT2D eigenvalue weighted by Crippen LogP contribution is -2.24. The van der Waals surface area contributed by atoms with Crippen LogP contribution in [0.5, 0.6) is 5.75 Å². The Labute approximate surface area is 155 Å². The molecule has 0 saturated carbocycles. The van der Waals surface area contributed by atoms with E-state index in [9.17, 15) is 19.7 Å². The van der Waals surface area contributed by atoms with Gasteiger partial charge in [0.1, 0.15) is 5.75 Å². The van der Waals surface area contributed by atoms with E-state index in [0.29, 0.717) is 30.9 Å². The van der Waals surface area contributed by atoms with Gasteiger partial charge in [-0.3, -0.25) is 19.7 Å². The van der Waals surface area contributed by atoms with Crippen LogP contribution in [0.15, 0.2) is 48.5 Å². The SMILES string of the molecule is O=C(O)CCCOc1ccc(CNC(=O)Cc2cccc([N+](=O)[O-])c2)cc1. The zero-order valence-corrected chi connectivity index (χ0v) is 14.6. The third kappa shape index (κ3) is 7.15. The van der Waals surface area contributed by atoms with Crippen LogP contribution in [0.4, 0.5) is 5.69 Å². The molecule has 2 N–H and O–H groups in total. The molecule has 0 heterocycles. The van der Waals surface area contributed by atoms with Crippen LogP contribution in [0.25, 0.3) is 0 Å². The third-order valence-corrected chi connectivity index (χ3v) is 3.70. The van der Waals surface area contributed by atoms with E-state index < -0.39 is 10.9 Å². The molecule has 0 aliphatic rings. The molecule has 2 rings (SSSR count). The number of rotatable bonds is 10. The molecule has 2 aromatic rings. The van der Waals surface area contributed by atoms with E-state index in [-0.39, 0.29) is 24.4 Å². The molecular weight excluding hydrogens is 352 g/mol. The van der Waals surface area contributed by atoms with Crippen LogP contribution in [0.2, 0.25) is 0 Å². The number of carbonyl (C=O) groups excluding carboxylic acids is 1. The summed E-state index contributed by atoms with van der Waals surface area (Å²) in [5.74, 6) is -0.452. The largest absolute Gasteiger partial charge is 0.494 e. The van der Waals surface area contributed by atoms with E-state index in [1.54, 1.807) is 36.4 Å². The summed E-state index contributed by atoms with van der Waals surface area (Å²) in [4.78, 5) is 32.7. The number of hydrogen-bond acceptors (Lipinski definition) is 5. The number of carboxylic acid groups (broad SMARTS) is 1. The number of non-ortho nitro benzene ring substituents is 1. The minimum Gasteiger partial charge on any atom is -0.494 e. The Balaban J connectivity index is 1.77. The number of aliphatic carboxylic acids is 1. The van der Waals surface area contributed by atoms with Crippen LogP contribution in [0.3, 0.4) is 0 Å². The Morgan fingerprint density at radius 1 is 1.11 bits per heavy atom. The molecule has 8 heteroatoms. The zero-order valence-electron chi connectivity index (χ0n) is 14.6. The van der Waals surface area contributed by atoms with E-state index in [2.05, 4.69) is 5.32 Å². The number of hydrogen-bond donors (Lipinski definition) is 2. The number of ether oxygens (including phenoxy) is 1. The number of nitro groups is 1. The summed E-state index contributed by atoms with van der Waals surface area (Å²) < 4.78 is 5.44. The maximum absolute atomic E-state index is 12.0. The number of amides is 1. The second-order valence-corrected chi connectivity index (χ2v) is 5.87. The first-order chi connectivity index (χ1) is 12.9. The highest BCUT2D eigenvalue weighted by Gasteiger charge is 2.09. The molecule has 0 saturated heterocycles. The smallest absolute Gasteiger partial charge is 0.303 e. The second-order valence-electron chi connectivity index (χ2n) is 5.87. The van der Waals surface area contributed by atoms with E-state index >= 15 is 0 Å². The van der Waals surface area contributed by atoms with Crippen LogP contribution in [-0.2, 0) is 22.6 Å². The molecule has 0 aliphatic heterocycles. The maximum Gasteiger partial charge on any atom is 0.303 e. The highest BCUT2D eigenvalue weighted by molar-refractivity contribution is 5.78. The first kappa shape index (κ1) is 19.9. The van der Waals surface area contributed by atoms with Crippen molar-refractivity contribution in [3.05, 3.63) is 69.8 Å². The lowest BCUT2D eigenvalue weighted by Gasteiger charge is -2.08. The van der Waals surface area contributed by atoms with Gasteiger partial charge in [-0.15, -0.1) is 0 Å². The van der Waals surface area contributed by atoms with Gasteiger partial charge in [0, 0.05) is 25.1 Å². The van der Waals surface area contributed by atoms with Gasteiger partial charge in [-0.25, -0.2) is 0 Å². The summed E-state index contributed by atoms with van der Waals surface area (Å²) in [7, 11) is 0. The second kappa shape index (κ2) is 9.91. The van der Waals surface area contributed by atoms with Gasteiger partial charge in [0.05, 0.1) is 18.0 Å². The van der Waals surface area contributed by atoms with E-state index in [0.717, 1.165) is 5.56 Å². The summed E-state index contributed by atoms with van der Waals surface area (Å²) in [6, 6.07) is 13.1. The van der Waals surface area contributed by atoms with Gasteiger partial charge in [0.15, 0.2) is 0 Å². The van der Waals surface area contributed by atoms with Crippen LogP contribution >= 0.6 is 0 Å². The summed E-state index contributed by atoms with van der Waals surface area (Å²) in [5.41, 5.74) is 1.41. The predicted molar refractivity (Wildman–Crippen MR) is 97.5 cm³/mol. The Morgan fingerprint density at radius 3 is 2.52 bits per heavy atom. The van der Waals surface area contributed by atoms with Crippen LogP contribution in [0.1, 0.15) is 24.0 Å². The summed E-state index contributed by atoms with van der Waals surface area (Å²) in [6.07, 6.45) is 0.561. The minimum absolute atomic E-state index is 0.0424. The van der Waals surface area contributed by atoms with Crippen molar-refractivity contribution in [1.29, 1.82) is 0 Å². The Bertz CT molecular complexity index is 804. The molecule has 1 amide bonds.